The van der Waals surface area contributed by atoms with Crippen LogP contribution in [0.15, 0.2) is 60.7 Å². The van der Waals surface area contributed by atoms with Crippen LogP contribution in [0.5, 0.6) is 11.5 Å². The summed E-state index contributed by atoms with van der Waals surface area (Å²) in [6, 6.07) is 22.0. The fourth-order valence-electron chi connectivity index (χ4n) is 2.75. The van der Waals surface area contributed by atoms with E-state index in [-0.39, 0.29) is 0 Å². The van der Waals surface area contributed by atoms with Gasteiger partial charge < -0.3 is 9.47 Å². The molecule has 3 heteroatoms. The smallest absolute Gasteiger partial charge is 0.168 e. The van der Waals surface area contributed by atoms with Crippen molar-refractivity contribution in [1.82, 2.24) is 0 Å². The highest BCUT2D eigenvalue weighted by Crippen LogP contribution is 2.36. The van der Waals surface area contributed by atoms with Gasteiger partial charge in [0.25, 0.3) is 0 Å². The van der Waals surface area contributed by atoms with Crippen LogP contribution in [-0.4, -0.2) is 13.7 Å². The monoisotopic (exact) mass is 317 g/mol. The standard InChI is InChI=1S/C21H19NO2/c1-23-20-12-11-18-10-9-17(15-22)14-19(18)21(20)24-13-5-8-16-6-3-2-4-7-16/h2-4,6-7,9-12,14H,5,8,13H2,1H3. The summed E-state index contributed by atoms with van der Waals surface area (Å²) in [5.41, 5.74) is 1.92. The third-order valence-electron chi connectivity index (χ3n) is 3.98. The maximum Gasteiger partial charge on any atom is 0.168 e. The molecule has 0 heterocycles. The first-order chi connectivity index (χ1) is 11.8. The minimum atomic E-state index is 0.598. The molecule has 0 N–H and O–H groups in total. The minimum Gasteiger partial charge on any atom is -0.493 e. The lowest BCUT2D eigenvalue weighted by Crippen LogP contribution is -2.02. The van der Waals surface area contributed by atoms with Gasteiger partial charge in [-0.1, -0.05) is 42.5 Å². The summed E-state index contributed by atoms with van der Waals surface area (Å²) in [5.74, 6) is 1.40. The summed E-state index contributed by atoms with van der Waals surface area (Å²) >= 11 is 0. The van der Waals surface area contributed by atoms with Crippen molar-refractivity contribution in [2.24, 2.45) is 0 Å². The summed E-state index contributed by atoms with van der Waals surface area (Å²) in [5, 5.41) is 11.1. The highest BCUT2D eigenvalue weighted by molar-refractivity contribution is 5.91. The SMILES string of the molecule is COc1ccc2ccc(C#N)cc2c1OCCCc1ccccc1. The van der Waals surface area contributed by atoms with Crippen LogP contribution in [-0.2, 0) is 6.42 Å². The minimum absolute atomic E-state index is 0.598. The quantitative estimate of drug-likeness (QED) is 0.617. The molecule has 3 rings (SSSR count). The predicted octanol–water partition coefficient (Wildman–Crippen LogP) is 4.73. The summed E-state index contributed by atoms with van der Waals surface area (Å²) in [4.78, 5) is 0. The number of rotatable bonds is 6. The Labute approximate surface area is 142 Å². The third-order valence-corrected chi connectivity index (χ3v) is 3.98. The van der Waals surface area contributed by atoms with Crippen LogP contribution < -0.4 is 9.47 Å². The Hall–Kier alpha value is -2.99. The molecule has 3 aromatic carbocycles. The van der Waals surface area contributed by atoms with Gasteiger partial charge in [-0.05, 0) is 42.0 Å². The van der Waals surface area contributed by atoms with E-state index in [2.05, 4.69) is 18.2 Å². The highest BCUT2D eigenvalue weighted by Gasteiger charge is 2.10. The molecule has 0 aromatic heterocycles. The number of methoxy groups -OCH3 is 1. The average molecular weight is 317 g/mol. The van der Waals surface area contributed by atoms with Crippen LogP contribution in [0.25, 0.3) is 10.8 Å². The van der Waals surface area contributed by atoms with Crippen LogP contribution in [0, 0.1) is 11.3 Å². The molecule has 0 saturated heterocycles. The van der Waals surface area contributed by atoms with Gasteiger partial charge in [-0.25, -0.2) is 0 Å². The molecule has 0 amide bonds. The van der Waals surface area contributed by atoms with E-state index >= 15 is 0 Å². The first kappa shape index (κ1) is 15.9. The Balaban J connectivity index is 1.78. The molecular formula is C21H19NO2. The second-order valence-corrected chi connectivity index (χ2v) is 5.58. The van der Waals surface area contributed by atoms with E-state index in [0.717, 1.165) is 23.6 Å². The number of fused-ring (bicyclic) bond motifs is 1. The molecule has 0 aliphatic heterocycles. The van der Waals surface area contributed by atoms with E-state index in [0.29, 0.717) is 23.7 Å². The molecule has 0 atom stereocenters. The van der Waals surface area contributed by atoms with Gasteiger partial charge in [0, 0.05) is 5.39 Å². The summed E-state index contributed by atoms with van der Waals surface area (Å²) in [7, 11) is 1.63. The molecule has 0 radical (unpaired) electrons. The number of hydrogen-bond donors (Lipinski definition) is 0. The van der Waals surface area contributed by atoms with Gasteiger partial charge in [0.15, 0.2) is 11.5 Å². The van der Waals surface area contributed by atoms with E-state index < -0.39 is 0 Å². The van der Waals surface area contributed by atoms with Crippen LogP contribution in [0.2, 0.25) is 0 Å². The van der Waals surface area contributed by atoms with Gasteiger partial charge >= 0.3 is 0 Å². The number of hydrogen-bond acceptors (Lipinski definition) is 3. The Kier molecular flexibility index (Phi) is 4.98. The van der Waals surface area contributed by atoms with Gasteiger partial charge in [0.1, 0.15) is 0 Å². The zero-order chi connectivity index (χ0) is 16.8. The molecular weight excluding hydrogens is 298 g/mol. The van der Waals surface area contributed by atoms with Gasteiger partial charge in [0.05, 0.1) is 25.3 Å². The predicted molar refractivity (Wildman–Crippen MR) is 95.5 cm³/mol. The number of benzene rings is 3. The van der Waals surface area contributed by atoms with Gasteiger partial charge in [-0.2, -0.15) is 5.26 Å². The normalized spacial score (nSPS) is 10.3. The second-order valence-electron chi connectivity index (χ2n) is 5.58. The maximum atomic E-state index is 9.13. The molecule has 24 heavy (non-hydrogen) atoms. The number of aryl methyl sites for hydroxylation is 1. The maximum absolute atomic E-state index is 9.13. The molecule has 3 nitrogen and oxygen atoms in total. The van der Waals surface area contributed by atoms with E-state index in [9.17, 15) is 0 Å². The van der Waals surface area contributed by atoms with E-state index in [1.807, 2.05) is 48.5 Å². The summed E-state index contributed by atoms with van der Waals surface area (Å²) in [6.07, 6.45) is 1.89. The first-order valence-electron chi connectivity index (χ1n) is 7.99. The molecule has 0 aliphatic rings. The van der Waals surface area contributed by atoms with Crippen molar-refractivity contribution < 1.29 is 9.47 Å². The van der Waals surface area contributed by atoms with Crippen molar-refractivity contribution in [2.45, 2.75) is 12.8 Å². The number of nitrogens with zero attached hydrogens (tertiary/aromatic N) is 1. The van der Waals surface area contributed by atoms with Crippen LogP contribution in [0.3, 0.4) is 0 Å². The zero-order valence-corrected chi connectivity index (χ0v) is 13.7. The lowest BCUT2D eigenvalue weighted by Gasteiger charge is -2.14. The lowest BCUT2D eigenvalue weighted by atomic mass is 10.1. The Morgan fingerprint density at radius 2 is 1.79 bits per heavy atom. The van der Waals surface area contributed by atoms with E-state index in [4.69, 9.17) is 14.7 Å². The largest absolute Gasteiger partial charge is 0.493 e. The Morgan fingerprint density at radius 3 is 2.54 bits per heavy atom. The van der Waals surface area contributed by atoms with E-state index in [1.165, 1.54) is 5.56 Å². The molecule has 0 saturated carbocycles. The Bertz CT molecular complexity index is 866. The number of ether oxygens (including phenoxy) is 2. The molecule has 0 unspecified atom stereocenters. The number of nitriles is 1. The molecule has 0 aliphatic carbocycles. The molecule has 3 aromatic rings. The van der Waals surface area contributed by atoms with Crippen LogP contribution >= 0.6 is 0 Å². The van der Waals surface area contributed by atoms with Gasteiger partial charge in [-0.15, -0.1) is 0 Å². The van der Waals surface area contributed by atoms with E-state index in [1.54, 1.807) is 7.11 Å². The van der Waals surface area contributed by atoms with Crippen molar-refractivity contribution >= 4 is 10.8 Å². The topological polar surface area (TPSA) is 42.2 Å². The molecule has 120 valence electrons. The first-order valence-corrected chi connectivity index (χ1v) is 7.99. The van der Waals surface area contributed by atoms with Crippen molar-refractivity contribution in [3.8, 4) is 17.6 Å². The molecule has 0 bridgehead atoms. The van der Waals surface area contributed by atoms with Crippen molar-refractivity contribution in [2.75, 3.05) is 13.7 Å². The fourth-order valence-corrected chi connectivity index (χ4v) is 2.75. The average Bonchev–Trinajstić information content (AvgIpc) is 2.65. The highest BCUT2D eigenvalue weighted by atomic mass is 16.5. The van der Waals surface area contributed by atoms with Gasteiger partial charge in [-0.3, -0.25) is 0 Å². The fraction of sp³-hybridized carbons (Fsp3) is 0.190. The molecule has 0 spiro atoms. The van der Waals surface area contributed by atoms with Crippen LogP contribution in [0.4, 0.5) is 0 Å². The second kappa shape index (κ2) is 7.52. The Morgan fingerprint density at radius 1 is 1.00 bits per heavy atom. The van der Waals surface area contributed by atoms with Crippen molar-refractivity contribution in [1.29, 1.82) is 5.26 Å². The van der Waals surface area contributed by atoms with Gasteiger partial charge in [0.2, 0.25) is 0 Å². The van der Waals surface area contributed by atoms with Crippen LogP contribution in [0.1, 0.15) is 17.5 Å². The summed E-state index contributed by atoms with van der Waals surface area (Å²) in [6.45, 7) is 0.598. The lowest BCUT2D eigenvalue weighted by molar-refractivity contribution is 0.293. The van der Waals surface area contributed by atoms with Crippen molar-refractivity contribution in [3.05, 3.63) is 71.8 Å². The zero-order valence-electron chi connectivity index (χ0n) is 13.7. The summed E-state index contributed by atoms with van der Waals surface area (Å²) < 4.78 is 11.5. The third kappa shape index (κ3) is 3.49. The van der Waals surface area contributed by atoms with Crippen molar-refractivity contribution in [3.63, 3.8) is 0 Å². The molecule has 0 fully saturated rings.